The van der Waals surface area contributed by atoms with Gasteiger partial charge in [0.15, 0.2) is 0 Å². The molecule has 0 saturated carbocycles. The molecule has 0 unspecified atom stereocenters. The maximum atomic E-state index is 10.9. The fraction of sp³-hybridized carbons (Fsp3) is 0. The summed E-state index contributed by atoms with van der Waals surface area (Å²) < 4.78 is 0. The van der Waals surface area contributed by atoms with Gasteiger partial charge in [-0.15, -0.1) is 0 Å². The Morgan fingerprint density at radius 1 is 1.13 bits per heavy atom. The van der Waals surface area contributed by atoms with E-state index in [9.17, 15) is 4.79 Å². The van der Waals surface area contributed by atoms with E-state index in [-0.39, 0.29) is 25.4 Å². The Hall–Kier alpha value is -0.904. The van der Waals surface area contributed by atoms with E-state index in [2.05, 4.69) is 0 Å². The normalized spacial score (nSPS) is 9.67. The van der Waals surface area contributed by atoms with E-state index >= 15 is 0 Å². The summed E-state index contributed by atoms with van der Waals surface area (Å²) in [4.78, 5) is 10.9. The van der Waals surface area contributed by atoms with Crippen LogP contribution >= 0.6 is 11.6 Å². The van der Waals surface area contributed by atoms with Gasteiger partial charge in [0.05, 0.1) is 5.56 Å². The van der Waals surface area contributed by atoms with Gasteiger partial charge in [-0.2, -0.15) is 0 Å². The minimum atomic E-state index is -0.955. The summed E-state index contributed by atoms with van der Waals surface area (Å²) in [5, 5.41) is 10.9. The molecule has 0 bridgehead atoms. The van der Waals surface area contributed by atoms with Crippen molar-refractivity contribution in [3.05, 3.63) is 47.0 Å². The Balaban J connectivity index is 0.00000112. The molecule has 15 heavy (non-hydrogen) atoms. The molecule has 0 aromatic heterocycles. The summed E-state index contributed by atoms with van der Waals surface area (Å²) in [6.45, 7) is 0. The van der Waals surface area contributed by atoms with Gasteiger partial charge >= 0.3 is 25.8 Å². The van der Waals surface area contributed by atoms with Crippen molar-refractivity contribution >= 4 is 48.1 Å². The van der Waals surface area contributed by atoms with Gasteiger partial charge in [0.25, 0.3) is 0 Å². The van der Waals surface area contributed by atoms with Gasteiger partial charge in [-0.05, 0) is 17.5 Å². The predicted molar refractivity (Wildman–Crippen MR) is 65.9 cm³/mol. The molecule has 76 valence electrons. The second kappa shape index (κ2) is 4.74. The minimum absolute atomic E-state index is 0. The molecule has 1 N–H and O–H groups in total. The number of halogens is 1. The summed E-state index contributed by atoms with van der Waals surface area (Å²) in [5.74, 6) is -0.955. The standard InChI is InChI=1S/C11H7ClO2.Ga.3H/c12-9-6-2-4-7-3-1-5-8(10(7)9)11(13)14;;;;/h1-6H,(H,13,14);;;;. The fourth-order valence-electron chi connectivity index (χ4n) is 1.47. The number of fused-ring (bicyclic) bond motifs is 1. The van der Waals surface area contributed by atoms with Crippen LogP contribution in [-0.2, 0) is 0 Å². The molecule has 0 atom stereocenters. The van der Waals surface area contributed by atoms with Crippen molar-refractivity contribution in [3.63, 3.8) is 0 Å². The van der Waals surface area contributed by atoms with Crippen molar-refractivity contribution < 1.29 is 9.90 Å². The molecule has 0 spiro atoms. The maximum absolute atomic E-state index is 10.9. The number of benzene rings is 2. The van der Waals surface area contributed by atoms with E-state index in [0.29, 0.717) is 10.4 Å². The van der Waals surface area contributed by atoms with Crippen LogP contribution in [0.4, 0.5) is 0 Å². The number of carboxylic acid groups (broad SMARTS) is 1. The first-order chi connectivity index (χ1) is 6.70. The second-order valence-corrected chi connectivity index (χ2v) is 3.36. The zero-order valence-electron chi connectivity index (χ0n) is 7.20. The average molecular weight is 279 g/mol. The van der Waals surface area contributed by atoms with Gasteiger partial charge in [0, 0.05) is 10.4 Å². The monoisotopic (exact) mass is 278 g/mol. The van der Waals surface area contributed by atoms with Crippen molar-refractivity contribution in [2.24, 2.45) is 0 Å². The molecule has 2 nitrogen and oxygen atoms in total. The first-order valence-corrected chi connectivity index (χ1v) is 4.48. The van der Waals surface area contributed by atoms with Crippen molar-refractivity contribution in [1.82, 2.24) is 0 Å². The molecule has 0 saturated heterocycles. The zero-order chi connectivity index (χ0) is 10.1. The molecular weight excluding hydrogens is 269 g/mol. The second-order valence-electron chi connectivity index (χ2n) is 2.95. The van der Waals surface area contributed by atoms with Crippen LogP contribution in [0.5, 0.6) is 0 Å². The van der Waals surface area contributed by atoms with Gasteiger partial charge in [-0.3, -0.25) is 0 Å². The summed E-state index contributed by atoms with van der Waals surface area (Å²) in [6, 6.07) is 10.4. The van der Waals surface area contributed by atoms with E-state index in [1.165, 1.54) is 0 Å². The molecule has 0 aliphatic carbocycles. The molecule has 2 aromatic rings. The molecule has 0 radical (unpaired) electrons. The predicted octanol–water partition coefficient (Wildman–Crippen LogP) is 2.01. The molecule has 0 aliphatic rings. The molecule has 2 aromatic carbocycles. The van der Waals surface area contributed by atoms with Gasteiger partial charge in [-0.1, -0.05) is 35.9 Å². The van der Waals surface area contributed by atoms with Crippen molar-refractivity contribution in [1.29, 1.82) is 0 Å². The molecule has 4 heteroatoms. The van der Waals surface area contributed by atoms with Crippen molar-refractivity contribution in [3.8, 4) is 0 Å². The van der Waals surface area contributed by atoms with Crippen LogP contribution in [0.1, 0.15) is 10.4 Å². The zero-order valence-corrected chi connectivity index (χ0v) is 7.95. The molecule has 0 aliphatic heterocycles. The van der Waals surface area contributed by atoms with E-state index in [1.54, 1.807) is 24.3 Å². The third-order valence-electron chi connectivity index (χ3n) is 2.08. The molecule has 2 rings (SSSR count). The van der Waals surface area contributed by atoms with Crippen molar-refractivity contribution in [2.45, 2.75) is 0 Å². The number of carbonyl (C=O) groups is 1. The van der Waals surface area contributed by atoms with E-state index in [0.717, 1.165) is 5.39 Å². The molecule has 0 fully saturated rings. The third-order valence-corrected chi connectivity index (χ3v) is 2.40. The van der Waals surface area contributed by atoms with E-state index in [4.69, 9.17) is 16.7 Å². The van der Waals surface area contributed by atoms with Crippen LogP contribution in [0.2, 0.25) is 5.02 Å². The average Bonchev–Trinajstić information content (AvgIpc) is 2.17. The van der Waals surface area contributed by atoms with Gasteiger partial charge in [0.2, 0.25) is 0 Å². The molecule has 0 heterocycles. The summed E-state index contributed by atoms with van der Waals surface area (Å²) in [7, 11) is 0. The van der Waals surface area contributed by atoms with Gasteiger partial charge < -0.3 is 5.11 Å². The van der Waals surface area contributed by atoms with Crippen LogP contribution in [0.3, 0.4) is 0 Å². The van der Waals surface area contributed by atoms with Crippen LogP contribution in [-0.4, -0.2) is 30.9 Å². The molecule has 0 amide bonds. The van der Waals surface area contributed by atoms with Gasteiger partial charge in [-0.25, -0.2) is 4.79 Å². The first kappa shape index (κ1) is 12.2. The van der Waals surface area contributed by atoms with Crippen LogP contribution < -0.4 is 0 Å². The number of carboxylic acids is 1. The van der Waals surface area contributed by atoms with Crippen LogP contribution in [0.15, 0.2) is 36.4 Å². The van der Waals surface area contributed by atoms with Crippen molar-refractivity contribution in [2.75, 3.05) is 0 Å². The first-order valence-electron chi connectivity index (χ1n) is 4.10. The number of aromatic carboxylic acids is 1. The van der Waals surface area contributed by atoms with Crippen LogP contribution in [0, 0.1) is 0 Å². The summed E-state index contributed by atoms with van der Waals surface area (Å²) in [6.07, 6.45) is 0. The molecular formula is C11H10ClGaO2. The number of rotatable bonds is 1. The third kappa shape index (κ3) is 2.20. The fourth-order valence-corrected chi connectivity index (χ4v) is 1.76. The quantitative estimate of drug-likeness (QED) is 0.811. The SMILES string of the molecule is O=C(O)c1cccc2cccc(Cl)c12.[GaH3]. The van der Waals surface area contributed by atoms with Gasteiger partial charge in [0.1, 0.15) is 0 Å². The summed E-state index contributed by atoms with van der Waals surface area (Å²) >= 11 is 5.94. The van der Waals surface area contributed by atoms with Crippen LogP contribution in [0.25, 0.3) is 10.8 Å². The topological polar surface area (TPSA) is 37.3 Å². The Kier molecular flexibility index (Phi) is 3.85. The number of hydrogen-bond donors (Lipinski definition) is 1. The van der Waals surface area contributed by atoms with E-state index < -0.39 is 5.97 Å². The summed E-state index contributed by atoms with van der Waals surface area (Å²) in [5.41, 5.74) is 0.244. The van der Waals surface area contributed by atoms with E-state index in [1.807, 2.05) is 12.1 Å². The Bertz CT molecular complexity index is 506. The Labute approximate surface area is 105 Å². The Morgan fingerprint density at radius 2 is 1.73 bits per heavy atom. The number of hydrogen-bond acceptors (Lipinski definition) is 1. The Morgan fingerprint density at radius 3 is 2.33 bits per heavy atom.